The van der Waals surface area contributed by atoms with E-state index >= 15 is 0 Å². The number of amides is 2. The van der Waals surface area contributed by atoms with Gasteiger partial charge in [0.1, 0.15) is 5.76 Å². The summed E-state index contributed by atoms with van der Waals surface area (Å²) < 4.78 is 5.17. The van der Waals surface area contributed by atoms with E-state index in [1.54, 1.807) is 42.5 Å². The molecule has 0 aliphatic rings. The molecule has 0 fully saturated rings. The van der Waals surface area contributed by atoms with Gasteiger partial charge in [0.15, 0.2) is 0 Å². The summed E-state index contributed by atoms with van der Waals surface area (Å²) in [7, 11) is 0. The van der Waals surface area contributed by atoms with Gasteiger partial charge in [0, 0.05) is 0 Å². The normalized spacial score (nSPS) is 10.2. The lowest BCUT2D eigenvalue weighted by Crippen LogP contribution is -2.25. The Bertz CT molecular complexity index is 980. The fourth-order valence-electron chi connectivity index (χ4n) is 2.52. The number of aromatic carboxylic acids is 1. The Morgan fingerprint density at radius 3 is 2.15 bits per heavy atom. The predicted octanol–water partition coefficient (Wildman–Crippen LogP) is 3.16. The van der Waals surface area contributed by atoms with Crippen LogP contribution >= 0.6 is 0 Å². The summed E-state index contributed by atoms with van der Waals surface area (Å²) in [6, 6.07) is 15.8. The fraction of sp³-hybridized carbons (Fsp3) is 0.0500. The van der Waals surface area contributed by atoms with Gasteiger partial charge in [0.25, 0.3) is 11.8 Å². The maximum absolute atomic E-state index is 12.5. The molecule has 3 rings (SSSR count). The van der Waals surface area contributed by atoms with Crippen LogP contribution in [0.3, 0.4) is 0 Å². The van der Waals surface area contributed by atoms with Crippen LogP contribution in [0.1, 0.15) is 36.8 Å². The fourth-order valence-corrected chi connectivity index (χ4v) is 2.52. The zero-order chi connectivity index (χ0) is 19.2. The molecular weight excluding hydrogens is 348 g/mol. The van der Waals surface area contributed by atoms with Gasteiger partial charge < -0.3 is 20.2 Å². The summed E-state index contributed by atoms with van der Waals surface area (Å²) in [6.45, 7) is 0.204. The van der Waals surface area contributed by atoms with Crippen LogP contribution in [0.4, 0.5) is 5.69 Å². The third-order valence-corrected chi connectivity index (χ3v) is 3.83. The van der Waals surface area contributed by atoms with Gasteiger partial charge in [-0.2, -0.15) is 0 Å². The first-order chi connectivity index (χ1) is 13.1. The molecule has 0 saturated heterocycles. The second-order valence-corrected chi connectivity index (χ2v) is 5.61. The van der Waals surface area contributed by atoms with Gasteiger partial charge in [0.2, 0.25) is 0 Å². The first-order valence-electron chi connectivity index (χ1n) is 8.09. The molecule has 27 heavy (non-hydrogen) atoms. The third-order valence-electron chi connectivity index (χ3n) is 3.83. The molecule has 0 aliphatic carbocycles. The van der Waals surface area contributed by atoms with Gasteiger partial charge in [-0.15, -0.1) is 0 Å². The molecule has 3 aromatic rings. The minimum absolute atomic E-state index is 0.01000. The molecular formula is C20H16N2O5. The van der Waals surface area contributed by atoms with Crippen LogP contribution in [0.2, 0.25) is 0 Å². The quantitative estimate of drug-likeness (QED) is 0.622. The molecule has 0 bridgehead atoms. The molecule has 136 valence electrons. The molecule has 0 atom stereocenters. The second kappa shape index (κ2) is 8.01. The Morgan fingerprint density at radius 2 is 1.48 bits per heavy atom. The number of anilines is 1. The molecule has 1 heterocycles. The number of carbonyl (C=O) groups excluding carboxylic acids is 2. The lowest BCUT2D eigenvalue weighted by molar-refractivity contribution is 0.0692. The highest BCUT2D eigenvalue weighted by Crippen LogP contribution is 2.18. The number of hydrogen-bond acceptors (Lipinski definition) is 4. The number of hydrogen-bond donors (Lipinski definition) is 3. The molecule has 7 heteroatoms. The number of benzene rings is 2. The molecule has 0 spiro atoms. The number of rotatable bonds is 6. The topological polar surface area (TPSA) is 109 Å². The molecule has 7 nitrogen and oxygen atoms in total. The van der Waals surface area contributed by atoms with Crippen LogP contribution in [0.5, 0.6) is 0 Å². The third kappa shape index (κ3) is 4.21. The molecule has 2 aromatic carbocycles. The van der Waals surface area contributed by atoms with Crippen LogP contribution in [0, 0.1) is 0 Å². The number of furan rings is 1. The van der Waals surface area contributed by atoms with E-state index in [0.29, 0.717) is 5.76 Å². The van der Waals surface area contributed by atoms with Crippen molar-refractivity contribution in [3.8, 4) is 0 Å². The molecule has 0 saturated carbocycles. The number of carboxylic acids is 1. The highest BCUT2D eigenvalue weighted by molar-refractivity contribution is 6.13. The highest BCUT2D eigenvalue weighted by Gasteiger charge is 2.18. The van der Waals surface area contributed by atoms with Gasteiger partial charge in [0.05, 0.1) is 35.2 Å². The van der Waals surface area contributed by atoms with Gasteiger partial charge in [-0.1, -0.05) is 24.3 Å². The van der Waals surface area contributed by atoms with Crippen molar-refractivity contribution >= 4 is 23.5 Å². The molecule has 0 aliphatic heterocycles. The minimum Gasteiger partial charge on any atom is -0.478 e. The Labute approximate surface area is 154 Å². The summed E-state index contributed by atoms with van der Waals surface area (Å²) in [5, 5.41) is 14.5. The Balaban J connectivity index is 1.79. The predicted molar refractivity (Wildman–Crippen MR) is 97.7 cm³/mol. The van der Waals surface area contributed by atoms with Gasteiger partial charge >= 0.3 is 5.97 Å². The lowest BCUT2D eigenvalue weighted by Gasteiger charge is -2.12. The van der Waals surface area contributed by atoms with E-state index in [0.717, 1.165) is 0 Å². The van der Waals surface area contributed by atoms with Crippen molar-refractivity contribution in [3.63, 3.8) is 0 Å². The van der Waals surface area contributed by atoms with E-state index in [4.69, 9.17) is 4.42 Å². The molecule has 3 N–H and O–H groups in total. The van der Waals surface area contributed by atoms with E-state index in [2.05, 4.69) is 10.6 Å². The van der Waals surface area contributed by atoms with Crippen LogP contribution in [-0.4, -0.2) is 22.9 Å². The average molecular weight is 364 g/mol. The molecule has 0 unspecified atom stereocenters. The van der Waals surface area contributed by atoms with Crippen molar-refractivity contribution in [2.75, 3.05) is 5.32 Å². The van der Waals surface area contributed by atoms with Crippen molar-refractivity contribution in [1.29, 1.82) is 0 Å². The number of carbonyl (C=O) groups is 3. The number of nitrogens with one attached hydrogen (secondary N) is 2. The average Bonchev–Trinajstić information content (AvgIpc) is 3.20. The van der Waals surface area contributed by atoms with E-state index in [1.165, 1.54) is 24.5 Å². The zero-order valence-corrected chi connectivity index (χ0v) is 14.1. The number of carboxylic acid groups (broad SMARTS) is 1. The summed E-state index contributed by atoms with van der Waals surface area (Å²) in [5.74, 6) is -1.61. The molecule has 0 radical (unpaired) electrons. The Hall–Kier alpha value is -3.87. The summed E-state index contributed by atoms with van der Waals surface area (Å²) in [6.07, 6.45) is 1.51. The minimum atomic E-state index is -1.20. The lowest BCUT2D eigenvalue weighted by atomic mass is 10.1. The zero-order valence-electron chi connectivity index (χ0n) is 14.1. The van der Waals surface area contributed by atoms with Gasteiger partial charge in [-0.25, -0.2) is 4.79 Å². The summed E-state index contributed by atoms with van der Waals surface area (Å²) in [5.41, 5.74) is 0.426. The maximum Gasteiger partial charge on any atom is 0.336 e. The van der Waals surface area contributed by atoms with Gasteiger partial charge in [-0.3, -0.25) is 9.59 Å². The van der Waals surface area contributed by atoms with Crippen LogP contribution in [0.15, 0.2) is 71.3 Å². The van der Waals surface area contributed by atoms with E-state index in [1.807, 2.05) is 0 Å². The van der Waals surface area contributed by atoms with E-state index in [-0.39, 0.29) is 28.9 Å². The largest absolute Gasteiger partial charge is 0.478 e. The van der Waals surface area contributed by atoms with Crippen LogP contribution < -0.4 is 10.6 Å². The van der Waals surface area contributed by atoms with Crippen molar-refractivity contribution in [2.45, 2.75) is 6.54 Å². The van der Waals surface area contributed by atoms with E-state index < -0.39 is 17.8 Å². The monoisotopic (exact) mass is 364 g/mol. The molecule has 1 aromatic heterocycles. The highest BCUT2D eigenvalue weighted by atomic mass is 16.4. The molecule has 2 amide bonds. The second-order valence-electron chi connectivity index (χ2n) is 5.61. The van der Waals surface area contributed by atoms with E-state index in [9.17, 15) is 19.5 Å². The first kappa shape index (κ1) is 17.9. The van der Waals surface area contributed by atoms with Crippen LogP contribution in [0.25, 0.3) is 0 Å². The first-order valence-corrected chi connectivity index (χ1v) is 8.09. The standard InChI is InChI=1S/C20H16N2O5/c23-18(21-12-13-6-5-11-27-13)16-9-3-4-10-17(16)22-19(24)14-7-1-2-8-15(14)20(25)26/h1-11H,12H2,(H,21,23)(H,22,24)(H,25,26). The van der Waals surface area contributed by atoms with Crippen molar-refractivity contribution in [1.82, 2.24) is 5.32 Å². The summed E-state index contributed by atoms with van der Waals surface area (Å²) in [4.78, 5) is 36.3. The van der Waals surface area contributed by atoms with Crippen molar-refractivity contribution in [3.05, 3.63) is 89.4 Å². The smallest absolute Gasteiger partial charge is 0.336 e. The Kier molecular flexibility index (Phi) is 5.32. The summed E-state index contributed by atoms with van der Waals surface area (Å²) >= 11 is 0. The Morgan fingerprint density at radius 1 is 0.815 bits per heavy atom. The maximum atomic E-state index is 12.5. The van der Waals surface area contributed by atoms with Crippen LogP contribution in [-0.2, 0) is 6.54 Å². The SMILES string of the molecule is O=C(NCc1ccco1)c1ccccc1NC(=O)c1ccccc1C(=O)O. The van der Waals surface area contributed by atoms with Crippen molar-refractivity contribution < 1.29 is 23.9 Å². The number of para-hydroxylation sites is 1. The van der Waals surface area contributed by atoms with Crippen molar-refractivity contribution in [2.24, 2.45) is 0 Å². The van der Waals surface area contributed by atoms with Gasteiger partial charge in [-0.05, 0) is 36.4 Å².